The third-order valence-corrected chi connectivity index (χ3v) is 3.53. The Balaban J connectivity index is 0.00000220. The summed E-state index contributed by atoms with van der Waals surface area (Å²) in [5.74, 6) is 1.17. The Bertz CT molecular complexity index is 521. The molecule has 0 spiro atoms. The molecular weight excluding hydrogens is 383 g/mol. The van der Waals surface area contributed by atoms with Gasteiger partial charge in [-0.05, 0) is 24.3 Å². The molecule has 2 rings (SSSR count). The minimum atomic E-state index is -0.400. The second-order valence-electron chi connectivity index (χ2n) is 5.29. The van der Waals surface area contributed by atoms with Crippen molar-refractivity contribution < 1.29 is 4.92 Å². The molecule has 0 radical (unpaired) electrons. The third kappa shape index (κ3) is 5.14. The predicted molar refractivity (Wildman–Crippen MR) is 93.8 cm³/mol. The van der Waals surface area contributed by atoms with E-state index in [-0.39, 0.29) is 29.7 Å². The van der Waals surface area contributed by atoms with Gasteiger partial charge in [0.25, 0.3) is 5.69 Å². The Morgan fingerprint density at radius 2 is 2.33 bits per heavy atom. The highest BCUT2D eigenvalue weighted by Gasteiger charge is 2.17. The molecule has 1 heterocycles. The van der Waals surface area contributed by atoms with Crippen LogP contribution >= 0.6 is 24.0 Å². The van der Waals surface area contributed by atoms with Gasteiger partial charge in [-0.15, -0.1) is 24.0 Å². The van der Waals surface area contributed by atoms with Crippen LogP contribution in [-0.2, 0) is 6.54 Å². The fourth-order valence-corrected chi connectivity index (χ4v) is 2.44. The molecule has 116 valence electrons. The minimum absolute atomic E-state index is 0. The summed E-state index contributed by atoms with van der Waals surface area (Å²) in [6.45, 7) is 4.46. The third-order valence-electron chi connectivity index (χ3n) is 3.53. The number of nitrogens with two attached hydrogens (primary N) is 1. The van der Waals surface area contributed by atoms with E-state index in [4.69, 9.17) is 5.73 Å². The van der Waals surface area contributed by atoms with Gasteiger partial charge in [0.05, 0.1) is 11.5 Å². The molecule has 0 aliphatic carbocycles. The number of likely N-dealkylation sites (tertiary alicyclic amines) is 1. The largest absolute Gasteiger partial charge is 0.370 e. The number of nitrogens with zero attached hydrogens (tertiary/aromatic N) is 3. The van der Waals surface area contributed by atoms with Crippen molar-refractivity contribution in [1.82, 2.24) is 4.90 Å². The lowest BCUT2D eigenvalue weighted by molar-refractivity contribution is -0.384. The van der Waals surface area contributed by atoms with Crippen LogP contribution in [0.2, 0.25) is 0 Å². The Morgan fingerprint density at radius 3 is 3.00 bits per heavy atom. The van der Waals surface area contributed by atoms with Gasteiger partial charge in [0.15, 0.2) is 5.96 Å². The number of nitro groups is 1. The van der Waals surface area contributed by atoms with Crippen LogP contribution in [0.5, 0.6) is 0 Å². The van der Waals surface area contributed by atoms with E-state index < -0.39 is 4.92 Å². The predicted octanol–water partition coefficient (Wildman–Crippen LogP) is 2.76. The number of non-ortho nitro benzene ring substituents is 1. The first kappa shape index (κ1) is 17.7. The second kappa shape index (κ2) is 8.16. The van der Waals surface area contributed by atoms with E-state index in [9.17, 15) is 10.1 Å². The summed E-state index contributed by atoms with van der Waals surface area (Å²) in [5.41, 5.74) is 6.88. The zero-order valence-corrected chi connectivity index (χ0v) is 14.4. The SMILES string of the molecule is CC1CCCN(C(N)=NCc2cccc([N+](=O)[O-])c2)C1.I. The van der Waals surface area contributed by atoms with Crippen LogP contribution in [0.3, 0.4) is 0 Å². The molecule has 1 atom stereocenters. The second-order valence-corrected chi connectivity index (χ2v) is 5.29. The molecule has 1 aliphatic heterocycles. The Morgan fingerprint density at radius 1 is 1.57 bits per heavy atom. The van der Waals surface area contributed by atoms with E-state index >= 15 is 0 Å². The molecule has 0 bridgehead atoms. The molecule has 0 saturated carbocycles. The minimum Gasteiger partial charge on any atom is -0.370 e. The van der Waals surface area contributed by atoms with E-state index in [0.717, 1.165) is 25.1 Å². The fourth-order valence-electron chi connectivity index (χ4n) is 2.44. The number of rotatable bonds is 3. The molecule has 7 heteroatoms. The summed E-state index contributed by atoms with van der Waals surface area (Å²) in [4.78, 5) is 16.8. The van der Waals surface area contributed by atoms with Gasteiger partial charge < -0.3 is 10.6 Å². The molecular formula is C14H21IN4O2. The van der Waals surface area contributed by atoms with Crippen molar-refractivity contribution in [3.8, 4) is 0 Å². The zero-order valence-electron chi connectivity index (χ0n) is 12.1. The van der Waals surface area contributed by atoms with Gasteiger partial charge in [-0.25, -0.2) is 4.99 Å². The van der Waals surface area contributed by atoms with Crippen molar-refractivity contribution >= 4 is 35.6 Å². The van der Waals surface area contributed by atoms with Gasteiger partial charge in [-0.3, -0.25) is 10.1 Å². The number of benzene rings is 1. The van der Waals surface area contributed by atoms with Crippen LogP contribution in [0.15, 0.2) is 29.3 Å². The maximum atomic E-state index is 10.7. The number of aliphatic imine (C=N–C) groups is 1. The van der Waals surface area contributed by atoms with Gasteiger partial charge in [-0.2, -0.15) is 0 Å². The van der Waals surface area contributed by atoms with E-state index in [1.807, 2.05) is 6.07 Å². The van der Waals surface area contributed by atoms with Crippen molar-refractivity contribution in [1.29, 1.82) is 0 Å². The number of hydrogen-bond acceptors (Lipinski definition) is 3. The number of guanidine groups is 1. The highest BCUT2D eigenvalue weighted by Crippen LogP contribution is 2.16. The molecule has 1 aliphatic rings. The van der Waals surface area contributed by atoms with Crippen LogP contribution in [0.25, 0.3) is 0 Å². The lowest BCUT2D eigenvalue weighted by atomic mass is 10.0. The molecule has 1 saturated heterocycles. The first-order chi connectivity index (χ1) is 9.56. The lowest BCUT2D eigenvalue weighted by Crippen LogP contribution is -2.43. The summed E-state index contributed by atoms with van der Waals surface area (Å²) in [5, 5.41) is 10.7. The van der Waals surface area contributed by atoms with Crippen LogP contribution in [0.1, 0.15) is 25.3 Å². The fraction of sp³-hybridized carbons (Fsp3) is 0.500. The maximum absolute atomic E-state index is 10.7. The topological polar surface area (TPSA) is 84.8 Å². The Kier molecular flexibility index (Phi) is 6.86. The van der Waals surface area contributed by atoms with Gasteiger partial charge in [0, 0.05) is 25.2 Å². The van der Waals surface area contributed by atoms with Crippen molar-refractivity contribution in [3.05, 3.63) is 39.9 Å². The summed E-state index contributed by atoms with van der Waals surface area (Å²) in [6, 6.07) is 6.50. The molecule has 0 amide bonds. The highest BCUT2D eigenvalue weighted by atomic mass is 127. The Labute approximate surface area is 141 Å². The molecule has 1 aromatic carbocycles. The monoisotopic (exact) mass is 404 g/mol. The standard InChI is InChI=1S/C14H20N4O2.HI/c1-11-4-3-7-17(10-11)14(15)16-9-12-5-2-6-13(8-12)18(19)20;/h2,5-6,8,11H,3-4,7,9-10H2,1H3,(H2,15,16);1H. The zero-order chi connectivity index (χ0) is 14.5. The first-order valence-corrected chi connectivity index (χ1v) is 6.84. The molecule has 1 unspecified atom stereocenters. The van der Waals surface area contributed by atoms with Crippen molar-refractivity contribution in [2.75, 3.05) is 13.1 Å². The summed E-state index contributed by atoms with van der Waals surface area (Å²) in [7, 11) is 0. The van der Waals surface area contributed by atoms with Crippen LogP contribution in [-0.4, -0.2) is 28.9 Å². The number of piperidine rings is 1. The van der Waals surface area contributed by atoms with Crippen molar-refractivity contribution in [2.24, 2.45) is 16.6 Å². The van der Waals surface area contributed by atoms with Crippen LogP contribution < -0.4 is 5.73 Å². The summed E-state index contributed by atoms with van der Waals surface area (Å²) < 4.78 is 0. The highest BCUT2D eigenvalue weighted by molar-refractivity contribution is 14.0. The van der Waals surface area contributed by atoms with Crippen molar-refractivity contribution in [3.63, 3.8) is 0 Å². The average molecular weight is 404 g/mol. The lowest BCUT2D eigenvalue weighted by Gasteiger charge is -2.31. The van der Waals surface area contributed by atoms with Gasteiger partial charge in [-0.1, -0.05) is 19.1 Å². The van der Waals surface area contributed by atoms with Gasteiger partial charge in [0.2, 0.25) is 0 Å². The molecule has 0 aromatic heterocycles. The Hall–Kier alpha value is -1.38. The smallest absolute Gasteiger partial charge is 0.269 e. The van der Waals surface area contributed by atoms with Crippen LogP contribution in [0, 0.1) is 16.0 Å². The van der Waals surface area contributed by atoms with Crippen LogP contribution in [0.4, 0.5) is 5.69 Å². The summed E-state index contributed by atoms with van der Waals surface area (Å²) in [6.07, 6.45) is 2.36. The van der Waals surface area contributed by atoms with E-state index in [1.54, 1.807) is 6.07 Å². The molecule has 6 nitrogen and oxygen atoms in total. The molecule has 1 aromatic rings. The van der Waals surface area contributed by atoms with Crippen molar-refractivity contribution in [2.45, 2.75) is 26.3 Å². The quantitative estimate of drug-likeness (QED) is 0.276. The van der Waals surface area contributed by atoms with Gasteiger partial charge in [0.1, 0.15) is 0 Å². The van der Waals surface area contributed by atoms with E-state index in [1.165, 1.54) is 18.6 Å². The van der Waals surface area contributed by atoms with E-state index in [0.29, 0.717) is 18.4 Å². The average Bonchev–Trinajstić information content (AvgIpc) is 2.45. The molecule has 1 fully saturated rings. The van der Waals surface area contributed by atoms with E-state index in [2.05, 4.69) is 16.8 Å². The molecule has 2 N–H and O–H groups in total. The van der Waals surface area contributed by atoms with Gasteiger partial charge >= 0.3 is 0 Å². The first-order valence-electron chi connectivity index (χ1n) is 6.84. The molecule has 21 heavy (non-hydrogen) atoms. The maximum Gasteiger partial charge on any atom is 0.269 e. The number of hydrogen-bond donors (Lipinski definition) is 1. The normalized spacial score (nSPS) is 19.0. The summed E-state index contributed by atoms with van der Waals surface area (Å²) >= 11 is 0. The number of nitro benzene ring substituents is 1. The number of halogens is 1.